The largest absolute Gasteiger partial charge is 0.496 e. The summed E-state index contributed by atoms with van der Waals surface area (Å²) < 4.78 is 5.36. The van der Waals surface area contributed by atoms with Crippen LogP contribution >= 0.6 is 0 Å². The van der Waals surface area contributed by atoms with Gasteiger partial charge in [0.05, 0.1) is 7.11 Å². The van der Waals surface area contributed by atoms with Crippen LogP contribution in [0.25, 0.3) is 0 Å². The second-order valence-electron chi connectivity index (χ2n) is 3.71. The Morgan fingerprint density at radius 2 is 2.14 bits per heavy atom. The van der Waals surface area contributed by atoms with Gasteiger partial charge in [-0.3, -0.25) is 0 Å². The molecule has 1 aliphatic carbocycles. The van der Waals surface area contributed by atoms with E-state index in [9.17, 15) is 0 Å². The fourth-order valence-corrected chi connectivity index (χ4v) is 2.04. The van der Waals surface area contributed by atoms with E-state index in [1.165, 1.54) is 24.8 Å². The van der Waals surface area contributed by atoms with Crippen LogP contribution in [-0.2, 0) is 0 Å². The maximum Gasteiger partial charge on any atom is 0.122 e. The molecule has 2 rings (SSSR count). The van der Waals surface area contributed by atoms with E-state index >= 15 is 0 Å². The molecule has 0 saturated heterocycles. The number of ether oxygens (including phenoxy) is 1. The van der Waals surface area contributed by atoms with E-state index in [-0.39, 0.29) is 0 Å². The molecule has 0 unspecified atom stereocenters. The Hall–Kier alpha value is -1.24. The van der Waals surface area contributed by atoms with Gasteiger partial charge in [-0.1, -0.05) is 30.4 Å². The molecule has 14 heavy (non-hydrogen) atoms. The van der Waals surface area contributed by atoms with Gasteiger partial charge in [0.1, 0.15) is 5.75 Å². The van der Waals surface area contributed by atoms with E-state index in [2.05, 4.69) is 24.3 Å². The Balaban J connectivity index is 2.29. The smallest absolute Gasteiger partial charge is 0.122 e. The molecule has 1 atom stereocenters. The Bertz CT molecular complexity index is 328. The first-order valence-electron chi connectivity index (χ1n) is 5.21. The van der Waals surface area contributed by atoms with E-state index < -0.39 is 0 Å². The summed E-state index contributed by atoms with van der Waals surface area (Å²) >= 11 is 0. The molecule has 0 radical (unpaired) electrons. The molecular weight excluding hydrogens is 172 g/mol. The lowest BCUT2D eigenvalue weighted by molar-refractivity contribution is 0.406. The van der Waals surface area contributed by atoms with Crippen LogP contribution in [0.1, 0.15) is 30.7 Å². The van der Waals surface area contributed by atoms with E-state index in [4.69, 9.17) is 4.74 Å². The summed E-state index contributed by atoms with van der Waals surface area (Å²) in [6.45, 7) is 0. The van der Waals surface area contributed by atoms with Crippen molar-refractivity contribution in [2.75, 3.05) is 7.11 Å². The number of benzene rings is 1. The van der Waals surface area contributed by atoms with Crippen molar-refractivity contribution in [1.82, 2.24) is 0 Å². The summed E-state index contributed by atoms with van der Waals surface area (Å²) in [7, 11) is 1.74. The number of rotatable bonds is 2. The lowest BCUT2D eigenvalue weighted by Gasteiger charge is -2.18. The maximum absolute atomic E-state index is 5.36. The quantitative estimate of drug-likeness (QED) is 0.645. The zero-order chi connectivity index (χ0) is 9.80. The zero-order valence-electron chi connectivity index (χ0n) is 8.57. The highest BCUT2D eigenvalue weighted by Crippen LogP contribution is 2.33. The number of hydrogen-bond acceptors (Lipinski definition) is 1. The van der Waals surface area contributed by atoms with Crippen molar-refractivity contribution in [2.24, 2.45) is 0 Å². The molecule has 0 aromatic heterocycles. The van der Waals surface area contributed by atoms with Gasteiger partial charge in [-0.25, -0.2) is 0 Å². The van der Waals surface area contributed by atoms with E-state index in [0.29, 0.717) is 5.92 Å². The van der Waals surface area contributed by atoms with Gasteiger partial charge in [0.15, 0.2) is 0 Å². The van der Waals surface area contributed by atoms with E-state index in [1.54, 1.807) is 7.11 Å². The van der Waals surface area contributed by atoms with Gasteiger partial charge in [0.25, 0.3) is 0 Å². The third kappa shape index (κ3) is 1.82. The number of methoxy groups -OCH3 is 1. The van der Waals surface area contributed by atoms with Gasteiger partial charge in [-0.2, -0.15) is 0 Å². The Morgan fingerprint density at radius 1 is 1.29 bits per heavy atom. The maximum atomic E-state index is 5.36. The van der Waals surface area contributed by atoms with Crippen LogP contribution in [0.2, 0.25) is 0 Å². The summed E-state index contributed by atoms with van der Waals surface area (Å²) in [4.78, 5) is 0. The Kier molecular flexibility index (Phi) is 2.87. The van der Waals surface area contributed by atoms with Gasteiger partial charge in [-0.15, -0.1) is 0 Å². The summed E-state index contributed by atoms with van der Waals surface area (Å²) in [6, 6.07) is 8.31. The highest BCUT2D eigenvalue weighted by molar-refractivity contribution is 5.38. The van der Waals surface area contributed by atoms with Crippen molar-refractivity contribution in [3.8, 4) is 5.75 Å². The second kappa shape index (κ2) is 4.32. The number of allylic oxidation sites excluding steroid dienone is 2. The molecule has 1 aromatic carbocycles. The molecule has 1 aromatic rings. The third-order valence-electron chi connectivity index (χ3n) is 2.79. The highest BCUT2D eigenvalue weighted by Gasteiger charge is 2.14. The fourth-order valence-electron chi connectivity index (χ4n) is 2.04. The SMILES string of the molecule is COc1ccccc1[C@@H]1C=CCCC1. The van der Waals surface area contributed by atoms with Crippen LogP contribution in [0, 0.1) is 0 Å². The summed E-state index contributed by atoms with van der Waals surface area (Å²) in [5.74, 6) is 1.57. The molecule has 1 aliphatic rings. The molecule has 1 nitrogen and oxygen atoms in total. The van der Waals surface area contributed by atoms with Crippen LogP contribution in [-0.4, -0.2) is 7.11 Å². The van der Waals surface area contributed by atoms with Gasteiger partial charge >= 0.3 is 0 Å². The van der Waals surface area contributed by atoms with Crippen molar-refractivity contribution in [1.29, 1.82) is 0 Å². The van der Waals surface area contributed by atoms with Gasteiger partial charge < -0.3 is 4.74 Å². The van der Waals surface area contributed by atoms with Crippen LogP contribution in [0.4, 0.5) is 0 Å². The molecule has 1 heteroatoms. The van der Waals surface area contributed by atoms with Gasteiger partial charge in [0.2, 0.25) is 0 Å². The first-order chi connectivity index (χ1) is 6.92. The zero-order valence-corrected chi connectivity index (χ0v) is 8.57. The third-order valence-corrected chi connectivity index (χ3v) is 2.79. The predicted molar refractivity (Wildman–Crippen MR) is 58.7 cm³/mol. The normalized spacial score (nSPS) is 20.8. The van der Waals surface area contributed by atoms with Crippen molar-refractivity contribution in [3.63, 3.8) is 0 Å². The monoisotopic (exact) mass is 188 g/mol. The predicted octanol–water partition coefficient (Wildman–Crippen LogP) is 3.52. The average Bonchev–Trinajstić information content (AvgIpc) is 2.30. The second-order valence-corrected chi connectivity index (χ2v) is 3.71. The lowest BCUT2D eigenvalue weighted by atomic mass is 9.89. The molecule has 0 N–H and O–H groups in total. The summed E-state index contributed by atoms with van der Waals surface area (Å²) in [6.07, 6.45) is 8.35. The Labute approximate surface area is 85.4 Å². The van der Waals surface area contributed by atoms with Gasteiger partial charge in [-0.05, 0) is 25.3 Å². The summed E-state index contributed by atoms with van der Waals surface area (Å²) in [5, 5.41) is 0. The standard InChI is InChI=1S/C13H16O/c1-14-13-10-6-5-9-12(13)11-7-3-2-4-8-11/h3,5-7,9-11H,2,4,8H2,1H3/t11-/m1/s1. The van der Waals surface area contributed by atoms with Crippen LogP contribution in [0.3, 0.4) is 0 Å². The number of para-hydroxylation sites is 1. The molecule has 0 spiro atoms. The number of hydrogen-bond donors (Lipinski definition) is 0. The lowest BCUT2D eigenvalue weighted by Crippen LogP contribution is -2.01. The molecule has 0 aliphatic heterocycles. The van der Waals surface area contributed by atoms with Crippen LogP contribution < -0.4 is 4.74 Å². The molecule has 0 heterocycles. The van der Waals surface area contributed by atoms with Crippen molar-refractivity contribution >= 4 is 0 Å². The van der Waals surface area contributed by atoms with Crippen LogP contribution in [0.5, 0.6) is 5.75 Å². The molecule has 0 amide bonds. The minimum atomic E-state index is 0.555. The average molecular weight is 188 g/mol. The van der Waals surface area contributed by atoms with Crippen molar-refractivity contribution in [3.05, 3.63) is 42.0 Å². The first kappa shape index (κ1) is 9.32. The molecule has 0 saturated carbocycles. The first-order valence-corrected chi connectivity index (χ1v) is 5.21. The summed E-state index contributed by atoms with van der Waals surface area (Å²) in [5.41, 5.74) is 1.32. The van der Waals surface area contributed by atoms with E-state index in [0.717, 1.165) is 5.75 Å². The molecular formula is C13H16O. The minimum Gasteiger partial charge on any atom is -0.496 e. The fraction of sp³-hybridized carbons (Fsp3) is 0.385. The minimum absolute atomic E-state index is 0.555. The van der Waals surface area contributed by atoms with Crippen molar-refractivity contribution in [2.45, 2.75) is 25.2 Å². The topological polar surface area (TPSA) is 9.23 Å². The van der Waals surface area contributed by atoms with E-state index in [1.807, 2.05) is 12.1 Å². The highest BCUT2D eigenvalue weighted by atomic mass is 16.5. The Morgan fingerprint density at radius 3 is 2.86 bits per heavy atom. The molecule has 74 valence electrons. The van der Waals surface area contributed by atoms with Crippen LogP contribution in [0.15, 0.2) is 36.4 Å². The van der Waals surface area contributed by atoms with Gasteiger partial charge in [0, 0.05) is 11.5 Å². The van der Waals surface area contributed by atoms with Crippen molar-refractivity contribution < 1.29 is 4.74 Å². The molecule has 0 fully saturated rings. The molecule has 0 bridgehead atoms.